The fraction of sp³-hybridized carbons (Fsp3) is 0.143. The normalized spacial score (nSPS) is 14.4. The van der Waals surface area contributed by atoms with Gasteiger partial charge in [-0.1, -0.05) is 61.8 Å². The summed E-state index contributed by atoms with van der Waals surface area (Å²) in [7, 11) is 0. The molecule has 23 heavy (non-hydrogen) atoms. The van der Waals surface area contributed by atoms with Gasteiger partial charge in [0.2, 0.25) is 0 Å². The maximum atomic E-state index is 6.23. The number of hydrogen-bond donors (Lipinski definition) is 1. The number of benzene rings is 3. The van der Waals surface area contributed by atoms with E-state index in [0.29, 0.717) is 0 Å². The van der Waals surface area contributed by atoms with Crippen molar-refractivity contribution >= 4 is 24.2 Å². The summed E-state index contributed by atoms with van der Waals surface area (Å²) in [6.07, 6.45) is 0. The molecular weight excluding hydrogens is 320 g/mol. The highest BCUT2D eigenvalue weighted by molar-refractivity contribution is 7.80. The Morgan fingerprint density at radius 2 is 1.57 bits per heavy atom. The largest absolute Gasteiger partial charge is 0.143 e. The van der Waals surface area contributed by atoms with E-state index in [0.717, 1.165) is 9.92 Å². The molecule has 3 aromatic rings. The minimum absolute atomic E-state index is 0.0193. The average Bonchev–Trinajstić information content (AvgIpc) is 2.75. The summed E-state index contributed by atoms with van der Waals surface area (Å²) in [6, 6.07) is 21.2. The molecule has 0 fully saturated rings. The Bertz CT molecular complexity index is 925. The van der Waals surface area contributed by atoms with Gasteiger partial charge in [-0.3, -0.25) is 0 Å². The van der Waals surface area contributed by atoms with Crippen molar-refractivity contribution in [2.75, 3.05) is 0 Å². The van der Waals surface area contributed by atoms with Gasteiger partial charge in [0.25, 0.3) is 0 Å². The van der Waals surface area contributed by atoms with E-state index < -0.39 is 0 Å². The van der Waals surface area contributed by atoms with Gasteiger partial charge in [-0.25, -0.2) is 0 Å². The lowest BCUT2D eigenvalue weighted by molar-refractivity contribution is 0.660. The van der Waals surface area contributed by atoms with Crippen molar-refractivity contribution in [2.24, 2.45) is 0 Å². The number of hydrogen-bond acceptors (Lipinski definition) is 1. The van der Waals surface area contributed by atoms with Crippen LogP contribution in [0, 0.1) is 0 Å². The molecule has 3 aromatic carbocycles. The van der Waals surface area contributed by atoms with Crippen molar-refractivity contribution in [3.8, 4) is 22.3 Å². The predicted octanol–water partition coefficient (Wildman–Crippen LogP) is 6.60. The van der Waals surface area contributed by atoms with Crippen molar-refractivity contribution in [2.45, 2.75) is 24.2 Å². The van der Waals surface area contributed by atoms with Crippen LogP contribution in [0.4, 0.5) is 0 Å². The fourth-order valence-electron chi connectivity index (χ4n) is 3.61. The second kappa shape index (κ2) is 5.15. The molecule has 0 atom stereocenters. The fourth-order valence-corrected chi connectivity index (χ4v) is 4.07. The second-order valence-electron chi connectivity index (χ2n) is 6.59. The van der Waals surface area contributed by atoms with Crippen LogP contribution in [-0.2, 0) is 5.41 Å². The summed E-state index contributed by atoms with van der Waals surface area (Å²) >= 11 is 10.8. The van der Waals surface area contributed by atoms with Gasteiger partial charge in [0.05, 0.1) is 0 Å². The van der Waals surface area contributed by atoms with E-state index in [1.54, 1.807) is 0 Å². The van der Waals surface area contributed by atoms with E-state index >= 15 is 0 Å². The van der Waals surface area contributed by atoms with Crippen LogP contribution in [0.25, 0.3) is 22.3 Å². The van der Waals surface area contributed by atoms with E-state index in [9.17, 15) is 0 Å². The number of fused-ring (bicyclic) bond motifs is 3. The van der Waals surface area contributed by atoms with E-state index in [2.05, 4.69) is 68.9 Å². The molecule has 0 radical (unpaired) electrons. The Hall–Kier alpha value is -1.70. The molecule has 0 unspecified atom stereocenters. The summed E-state index contributed by atoms with van der Waals surface area (Å²) < 4.78 is 0. The summed E-state index contributed by atoms with van der Waals surface area (Å²) in [6.45, 7) is 4.53. The molecule has 0 saturated carbocycles. The summed E-state index contributed by atoms with van der Waals surface area (Å²) in [5.74, 6) is 0. The Kier molecular flexibility index (Phi) is 3.33. The molecule has 0 saturated heterocycles. The van der Waals surface area contributed by atoms with Crippen LogP contribution >= 0.6 is 24.2 Å². The topological polar surface area (TPSA) is 0 Å². The first-order chi connectivity index (χ1) is 11.0. The van der Waals surface area contributed by atoms with Crippen molar-refractivity contribution in [1.82, 2.24) is 0 Å². The smallest absolute Gasteiger partial charge is 0.0409 e. The molecule has 2 heteroatoms. The van der Waals surface area contributed by atoms with Gasteiger partial charge < -0.3 is 0 Å². The van der Waals surface area contributed by atoms with Crippen LogP contribution < -0.4 is 0 Å². The third-order valence-electron chi connectivity index (χ3n) is 4.85. The Morgan fingerprint density at radius 3 is 2.35 bits per heavy atom. The van der Waals surface area contributed by atoms with Crippen LogP contribution in [0.15, 0.2) is 65.6 Å². The molecule has 1 aliphatic carbocycles. The summed E-state index contributed by atoms with van der Waals surface area (Å²) in [4.78, 5) is 1.00. The third kappa shape index (κ3) is 2.22. The maximum absolute atomic E-state index is 6.23. The van der Waals surface area contributed by atoms with Gasteiger partial charge in [0.1, 0.15) is 0 Å². The van der Waals surface area contributed by atoms with Crippen molar-refractivity contribution in [3.05, 3.63) is 76.8 Å². The van der Waals surface area contributed by atoms with E-state index in [1.807, 2.05) is 18.2 Å². The zero-order valence-corrected chi connectivity index (χ0v) is 14.7. The van der Waals surface area contributed by atoms with Gasteiger partial charge in [-0.15, -0.1) is 12.6 Å². The van der Waals surface area contributed by atoms with Crippen molar-refractivity contribution in [3.63, 3.8) is 0 Å². The third-order valence-corrected chi connectivity index (χ3v) is 5.48. The Morgan fingerprint density at radius 1 is 0.783 bits per heavy atom. The molecular formula is C21H17ClS. The van der Waals surface area contributed by atoms with Crippen LogP contribution in [-0.4, -0.2) is 0 Å². The second-order valence-corrected chi connectivity index (χ2v) is 7.51. The van der Waals surface area contributed by atoms with Crippen LogP contribution in [0.3, 0.4) is 0 Å². The van der Waals surface area contributed by atoms with E-state index in [-0.39, 0.29) is 5.41 Å². The number of halogens is 1. The van der Waals surface area contributed by atoms with Gasteiger partial charge in [0, 0.05) is 15.3 Å². The average molecular weight is 337 g/mol. The molecule has 0 bridgehead atoms. The van der Waals surface area contributed by atoms with Crippen LogP contribution in [0.2, 0.25) is 5.02 Å². The predicted molar refractivity (Wildman–Crippen MR) is 102 cm³/mol. The molecule has 114 valence electrons. The van der Waals surface area contributed by atoms with Crippen LogP contribution in [0.1, 0.15) is 25.0 Å². The quantitative estimate of drug-likeness (QED) is 0.475. The number of thiol groups is 1. The summed E-state index contributed by atoms with van der Waals surface area (Å²) in [5.41, 5.74) is 7.59. The lowest BCUT2D eigenvalue weighted by Crippen LogP contribution is -2.14. The van der Waals surface area contributed by atoms with Gasteiger partial charge in [-0.2, -0.15) is 0 Å². The first kappa shape index (κ1) is 14.9. The zero-order chi connectivity index (χ0) is 16.2. The van der Waals surface area contributed by atoms with Crippen LogP contribution in [0.5, 0.6) is 0 Å². The highest BCUT2D eigenvalue weighted by Gasteiger charge is 2.35. The molecule has 0 heterocycles. The molecule has 0 aliphatic heterocycles. The van der Waals surface area contributed by atoms with Gasteiger partial charge >= 0.3 is 0 Å². The molecule has 0 amide bonds. The molecule has 0 nitrogen and oxygen atoms in total. The minimum Gasteiger partial charge on any atom is -0.143 e. The van der Waals surface area contributed by atoms with Gasteiger partial charge in [-0.05, 0) is 57.6 Å². The van der Waals surface area contributed by atoms with Crippen molar-refractivity contribution in [1.29, 1.82) is 0 Å². The van der Waals surface area contributed by atoms with E-state index in [4.69, 9.17) is 11.6 Å². The molecule has 0 spiro atoms. The first-order valence-corrected chi connectivity index (χ1v) is 8.54. The Labute approximate surface area is 147 Å². The maximum Gasteiger partial charge on any atom is 0.0409 e. The highest BCUT2D eigenvalue weighted by Crippen LogP contribution is 2.50. The zero-order valence-electron chi connectivity index (χ0n) is 13.1. The SMILES string of the molecule is CC1(C)c2ccc(-c3ccccc3S)cc2-c2ccc(Cl)cc21. The Balaban J connectivity index is 1.96. The molecule has 4 rings (SSSR count). The molecule has 1 aliphatic rings. The van der Waals surface area contributed by atoms with Crippen molar-refractivity contribution < 1.29 is 0 Å². The van der Waals surface area contributed by atoms with Gasteiger partial charge in [0.15, 0.2) is 0 Å². The highest BCUT2D eigenvalue weighted by atomic mass is 35.5. The first-order valence-electron chi connectivity index (χ1n) is 7.72. The number of rotatable bonds is 1. The summed E-state index contributed by atoms with van der Waals surface area (Å²) in [5, 5.41) is 0.797. The lowest BCUT2D eigenvalue weighted by atomic mass is 9.82. The van der Waals surface area contributed by atoms with E-state index in [1.165, 1.54) is 33.4 Å². The monoisotopic (exact) mass is 336 g/mol. The molecule has 0 aromatic heterocycles. The lowest BCUT2D eigenvalue weighted by Gasteiger charge is -2.21. The molecule has 0 N–H and O–H groups in total. The minimum atomic E-state index is -0.0193. The standard InChI is InChI=1S/C21H17ClS/c1-21(2)18-10-7-13(15-5-3-4-6-20(15)23)11-17(18)16-9-8-14(22)12-19(16)21/h3-12,23H,1-2H3.